The topological polar surface area (TPSA) is 78.8 Å². The van der Waals surface area contributed by atoms with Gasteiger partial charge in [-0.3, -0.25) is 29.6 Å². The maximum absolute atomic E-state index is 13.2. The molecule has 1 saturated heterocycles. The molecule has 0 aromatic carbocycles. The number of amidine groups is 1. The number of allylic oxidation sites excluding steroid dienone is 2. The summed E-state index contributed by atoms with van der Waals surface area (Å²) < 4.78 is 0. The quantitative estimate of drug-likeness (QED) is 0.798. The zero-order valence-corrected chi connectivity index (χ0v) is 14.1. The van der Waals surface area contributed by atoms with E-state index in [2.05, 4.69) is 12.2 Å². The van der Waals surface area contributed by atoms with Crippen LogP contribution in [0.15, 0.2) is 28.8 Å². The van der Waals surface area contributed by atoms with Gasteiger partial charge in [-0.25, -0.2) is 0 Å². The van der Waals surface area contributed by atoms with Crippen molar-refractivity contribution < 1.29 is 14.4 Å². The van der Waals surface area contributed by atoms with Crippen molar-refractivity contribution in [1.29, 1.82) is 0 Å². The summed E-state index contributed by atoms with van der Waals surface area (Å²) in [5.41, 5.74) is 0.961. The molecular weight excluding hydrogens is 306 g/mol. The molecule has 0 radical (unpaired) electrons. The summed E-state index contributed by atoms with van der Waals surface area (Å²) in [5.74, 6) is -0.408. The molecule has 0 aromatic rings. The van der Waals surface area contributed by atoms with Crippen LogP contribution >= 0.6 is 0 Å². The van der Waals surface area contributed by atoms with Crippen LogP contribution in [0.1, 0.15) is 46.0 Å². The summed E-state index contributed by atoms with van der Waals surface area (Å²) in [7, 11) is 0. The third-order valence-corrected chi connectivity index (χ3v) is 4.85. The van der Waals surface area contributed by atoms with Crippen LogP contribution < -0.4 is 5.32 Å². The first kappa shape index (κ1) is 16.6. The van der Waals surface area contributed by atoms with Crippen molar-refractivity contribution in [3.8, 4) is 0 Å². The average Bonchev–Trinajstić information content (AvgIpc) is 2.54. The molecule has 1 aliphatic carbocycles. The Kier molecular flexibility index (Phi) is 4.64. The lowest BCUT2D eigenvalue weighted by atomic mass is 9.84. The minimum atomic E-state index is -0.634. The number of hydrogen-bond donors (Lipinski definition) is 1. The zero-order valence-electron chi connectivity index (χ0n) is 14.1. The molecule has 6 nitrogen and oxygen atoms in total. The molecule has 3 amide bonds. The number of carbonyl (C=O) groups is 3. The van der Waals surface area contributed by atoms with Gasteiger partial charge in [-0.2, -0.15) is 0 Å². The minimum Gasteiger partial charge on any atom is -0.295 e. The van der Waals surface area contributed by atoms with E-state index in [1.54, 1.807) is 4.90 Å². The molecule has 0 saturated carbocycles. The van der Waals surface area contributed by atoms with Gasteiger partial charge < -0.3 is 0 Å². The molecular formula is C18H23N3O3. The maximum Gasteiger partial charge on any atom is 0.249 e. The van der Waals surface area contributed by atoms with Gasteiger partial charge in [-0.15, -0.1) is 0 Å². The smallest absolute Gasteiger partial charge is 0.249 e. The number of amides is 3. The van der Waals surface area contributed by atoms with Crippen LogP contribution in [-0.4, -0.2) is 40.5 Å². The summed E-state index contributed by atoms with van der Waals surface area (Å²) in [5, 5.41) is 2.35. The van der Waals surface area contributed by atoms with Crippen LogP contribution in [0.3, 0.4) is 0 Å². The molecule has 128 valence electrons. The van der Waals surface area contributed by atoms with Gasteiger partial charge in [0.1, 0.15) is 11.9 Å². The van der Waals surface area contributed by atoms with E-state index >= 15 is 0 Å². The van der Waals surface area contributed by atoms with Crippen molar-refractivity contribution in [3.63, 3.8) is 0 Å². The van der Waals surface area contributed by atoms with Gasteiger partial charge in [-0.1, -0.05) is 37.1 Å². The Morgan fingerprint density at radius 2 is 2.12 bits per heavy atom. The summed E-state index contributed by atoms with van der Waals surface area (Å²) in [6, 6.07) is -0.815. The number of nitrogens with one attached hydrogen (secondary N) is 1. The van der Waals surface area contributed by atoms with Gasteiger partial charge in [0.25, 0.3) is 0 Å². The van der Waals surface area contributed by atoms with E-state index in [-0.39, 0.29) is 30.2 Å². The lowest BCUT2D eigenvalue weighted by molar-refractivity contribution is -0.144. The molecule has 0 aromatic heterocycles. The molecule has 3 unspecified atom stereocenters. The molecule has 0 spiro atoms. The third kappa shape index (κ3) is 2.92. The standard InChI is InChI=1S/C18H23N3O3/c1-3-4-8-14-19-12-7-5-6-11(2)16(12)18(24)21(14)13-9-10-15(22)20-17(13)23/h5-7,12-13,16H,3-4,8-10H2,1-2H3,(H,20,22,23). The fourth-order valence-electron chi connectivity index (χ4n) is 3.56. The number of rotatable bonds is 4. The van der Waals surface area contributed by atoms with E-state index in [0.29, 0.717) is 18.7 Å². The van der Waals surface area contributed by atoms with Crippen molar-refractivity contribution in [3.05, 3.63) is 23.8 Å². The van der Waals surface area contributed by atoms with Crippen molar-refractivity contribution in [2.24, 2.45) is 10.9 Å². The third-order valence-electron chi connectivity index (χ3n) is 4.85. The van der Waals surface area contributed by atoms with Crippen LogP contribution in [0.25, 0.3) is 0 Å². The van der Waals surface area contributed by atoms with E-state index in [9.17, 15) is 14.4 Å². The molecule has 0 bridgehead atoms. The Morgan fingerprint density at radius 3 is 2.83 bits per heavy atom. The van der Waals surface area contributed by atoms with Crippen LogP contribution in [0.5, 0.6) is 0 Å². The van der Waals surface area contributed by atoms with Gasteiger partial charge in [0, 0.05) is 12.8 Å². The van der Waals surface area contributed by atoms with Gasteiger partial charge in [0.2, 0.25) is 17.7 Å². The molecule has 1 fully saturated rings. The normalized spacial score (nSPS) is 29.8. The number of hydrogen-bond acceptors (Lipinski definition) is 4. The largest absolute Gasteiger partial charge is 0.295 e. The number of carbonyl (C=O) groups excluding carboxylic acids is 3. The highest BCUT2D eigenvalue weighted by Gasteiger charge is 2.44. The summed E-state index contributed by atoms with van der Waals surface area (Å²) >= 11 is 0. The Bertz CT molecular complexity index is 662. The van der Waals surface area contributed by atoms with Gasteiger partial charge in [-0.05, 0) is 19.8 Å². The lowest BCUT2D eigenvalue weighted by Crippen LogP contribution is -2.60. The predicted octanol–water partition coefficient (Wildman–Crippen LogP) is 1.72. The second-order valence-electron chi connectivity index (χ2n) is 6.59. The predicted molar refractivity (Wildman–Crippen MR) is 90.2 cm³/mol. The number of fused-ring (bicyclic) bond motifs is 1. The fourth-order valence-corrected chi connectivity index (χ4v) is 3.56. The van der Waals surface area contributed by atoms with E-state index < -0.39 is 11.9 Å². The maximum atomic E-state index is 13.2. The Balaban J connectivity index is 1.95. The molecule has 6 heteroatoms. The Morgan fingerprint density at radius 1 is 1.33 bits per heavy atom. The Hall–Kier alpha value is -2.24. The molecule has 2 heterocycles. The molecule has 2 aliphatic heterocycles. The highest BCUT2D eigenvalue weighted by atomic mass is 16.2. The highest BCUT2D eigenvalue weighted by Crippen LogP contribution is 2.32. The molecule has 24 heavy (non-hydrogen) atoms. The van der Waals surface area contributed by atoms with Crippen molar-refractivity contribution >= 4 is 23.6 Å². The van der Waals surface area contributed by atoms with Crippen LogP contribution in [0.4, 0.5) is 0 Å². The fraction of sp³-hybridized carbons (Fsp3) is 0.556. The molecule has 3 rings (SSSR count). The van der Waals surface area contributed by atoms with Crippen LogP contribution in [0, 0.1) is 5.92 Å². The molecule has 3 aliphatic rings. The average molecular weight is 329 g/mol. The first-order valence-corrected chi connectivity index (χ1v) is 8.61. The number of imide groups is 1. The van der Waals surface area contributed by atoms with Crippen LogP contribution in [-0.2, 0) is 14.4 Å². The van der Waals surface area contributed by atoms with Crippen LogP contribution in [0.2, 0.25) is 0 Å². The number of aliphatic imine (C=N–C) groups is 1. The summed E-state index contributed by atoms with van der Waals surface area (Å²) in [6.07, 6.45) is 8.98. The van der Waals surface area contributed by atoms with E-state index in [0.717, 1.165) is 18.4 Å². The monoisotopic (exact) mass is 329 g/mol. The minimum absolute atomic E-state index is 0.0753. The second-order valence-corrected chi connectivity index (χ2v) is 6.59. The SMILES string of the molecule is CCCCC1=NC2C=CC=C(C)C2C(=O)N1C1CCC(=O)NC1=O. The Labute approximate surface area is 141 Å². The first-order chi connectivity index (χ1) is 11.5. The number of nitrogens with zero attached hydrogens (tertiary/aromatic N) is 2. The van der Waals surface area contributed by atoms with E-state index in [1.807, 2.05) is 25.2 Å². The molecule has 3 atom stereocenters. The van der Waals surface area contributed by atoms with E-state index in [4.69, 9.17) is 4.99 Å². The zero-order chi connectivity index (χ0) is 17.3. The summed E-state index contributed by atoms with van der Waals surface area (Å²) in [6.45, 7) is 4.01. The first-order valence-electron chi connectivity index (χ1n) is 8.61. The second kappa shape index (κ2) is 6.71. The molecule has 1 N–H and O–H groups in total. The van der Waals surface area contributed by atoms with E-state index in [1.165, 1.54) is 0 Å². The number of unbranched alkanes of at least 4 members (excludes halogenated alkanes) is 1. The van der Waals surface area contributed by atoms with Gasteiger partial charge in [0.05, 0.1) is 12.0 Å². The highest BCUT2D eigenvalue weighted by molar-refractivity contribution is 6.09. The van der Waals surface area contributed by atoms with Gasteiger partial charge >= 0.3 is 0 Å². The van der Waals surface area contributed by atoms with Crippen molar-refractivity contribution in [2.75, 3.05) is 0 Å². The number of piperidine rings is 1. The summed E-state index contributed by atoms with van der Waals surface area (Å²) in [4.78, 5) is 43.3. The van der Waals surface area contributed by atoms with Crippen molar-refractivity contribution in [2.45, 2.75) is 58.0 Å². The lowest BCUT2D eigenvalue weighted by Gasteiger charge is -2.41. The van der Waals surface area contributed by atoms with Crippen molar-refractivity contribution in [1.82, 2.24) is 10.2 Å². The van der Waals surface area contributed by atoms with Gasteiger partial charge in [0.15, 0.2) is 0 Å².